The summed E-state index contributed by atoms with van der Waals surface area (Å²) in [6, 6.07) is 6.91. The Bertz CT molecular complexity index is 558. The Labute approximate surface area is 99.5 Å². The van der Waals surface area contributed by atoms with Crippen LogP contribution in [0.5, 0.6) is 0 Å². The molecular formula is C13H14N2O2. The Morgan fingerprint density at radius 2 is 2.24 bits per heavy atom. The number of carbonyl (C=O) groups is 1. The van der Waals surface area contributed by atoms with Gasteiger partial charge >= 0.3 is 5.97 Å². The second-order valence-electron chi connectivity index (χ2n) is 3.87. The minimum absolute atomic E-state index is 0.297. The quantitative estimate of drug-likeness (QED) is 0.881. The molecule has 1 aromatic heterocycles. The maximum Gasteiger partial charge on any atom is 0.335 e. The number of aromatic carboxylic acids is 1. The zero-order valence-electron chi connectivity index (χ0n) is 9.84. The Morgan fingerprint density at radius 1 is 1.47 bits per heavy atom. The molecule has 0 atom stereocenters. The number of nitrogens with zero attached hydrogens (tertiary/aromatic N) is 2. The molecule has 0 aliphatic heterocycles. The molecule has 1 N–H and O–H groups in total. The summed E-state index contributed by atoms with van der Waals surface area (Å²) >= 11 is 0. The smallest absolute Gasteiger partial charge is 0.335 e. The molecule has 1 aromatic carbocycles. The Hall–Kier alpha value is -2.10. The molecule has 0 bridgehead atoms. The van der Waals surface area contributed by atoms with E-state index in [1.54, 1.807) is 18.2 Å². The molecule has 2 rings (SSSR count). The molecular weight excluding hydrogens is 216 g/mol. The third-order valence-corrected chi connectivity index (χ3v) is 2.69. The fourth-order valence-corrected chi connectivity index (χ4v) is 1.78. The topological polar surface area (TPSA) is 55.1 Å². The van der Waals surface area contributed by atoms with Crippen molar-refractivity contribution in [1.82, 2.24) is 9.78 Å². The zero-order valence-corrected chi connectivity index (χ0v) is 9.84. The fourth-order valence-electron chi connectivity index (χ4n) is 1.78. The van der Waals surface area contributed by atoms with Crippen molar-refractivity contribution in [2.24, 2.45) is 0 Å². The summed E-state index contributed by atoms with van der Waals surface area (Å²) in [7, 11) is 0. The van der Waals surface area contributed by atoms with E-state index in [1.807, 2.05) is 30.8 Å². The lowest BCUT2D eigenvalue weighted by atomic mass is 10.0. The van der Waals surface area contributed by atoms with Gasteiger partial charge in [-0.3, -0.25) is 4.68 Å². The predicted molar refractivity (Wildman–Crippen MR) is 65.0 cm³/mol. The maximum absolute atomic E-state index is 10.9. The van der Waals surface area contributed by atoms with Crippen molar-refractivity contribution in [2.45, 2.75) is 20.4 Å². The molecule has 0 aliphatic carbocycles. The van der Waals surface area contributed by atoms with Crippen molar-refractivity contribution in [2.75, 3.05) is 0 Å². The van der Waals surface area contributed by atoms with Crippen molar-refractivity contribution >= 4 is 5.97 Å². The van der Waals surface area contributed by atoms with Gasteiger partial charge in [-0.25, -0.2) is 4.79 Å². The molecule has 2 aromatic rings. The number of aryl methyl sites for hydroxylation is 2. The van der Waals surface area contributed by atoms with Crippen LogP contribution in [0.15, 0.2) is 30.5 Å². The minimum atomic E-state index is -0.910. The summed E-state index contributed by atoms with van der Waals surface area (Å²) in [6.45, 7) is 4.75. The normalized spacial score (nSPS) is 10.5. The number of hydrogen-bond donors (Lipinski definition) is 1. The fraction of sp³-hybridized carbons (Fsp3) is 0.231. The van der Waals surface area contributed by atoms with E-state index in [-0.39, 0.29) is 0 Å². The van der Waals surface area contributed by atoms with Gasteiger partial charge in [-0.15, -0.1) is 0 Å². The summed E-state index contributed by atoms with van der Waals surface area (Å²) < 4.78 is 1.85. The van der Waals surface area contributed by atoms with Gasteiger partial charge in [0.25, 0.3) is 0 Å². The molecule has 0 radical (unpaired) electrons. The summed E-state index contributed by atoms with van der Waals surface area (Å²) in [5, 5.41) is 13.3. The number of aromatic nitrogens is 2. The van der Waals surface area contributed by atoms with Crippen molar-refractivity contribution in [3.8, 4) is 11.1 Å². The Morgan fingerprint density at radius 3 is 2.82 bits per heavy atom. The number of rotatable bonds is 3. The standard InChI is InChI=1S/C13H14N2O2/c1-3-15-8-12(9(2)14-15)10-5-4-6-11(7-10)13(16)17/h4-8H,3H2,1-2H3,(H,16,17). The first-order chi connectivity index (χ1) is 8.11. The van der Waals surface area contributed by atoms with E-state index in [2.05, 4.69) is 5.10 Å². The van der Waals surface area contributed by atoms with Crippen molar-refractivity contribution in [3.05, 3.63) is 41.7 Å². The SMILES string of the molecule is CCn1cc(-c2cccc(C(=O)O)c2)c(C)n1. The Kier molecular flexibility index (Phi) is 2.95. The van der Waals surface area contributed by atoms with Gasteiger partial charge in [0.15, 0.2) is 0 Å². The molecule has 0 saturated heterocycles. The maximum atomic E-state index is 10.9. The predicted octanol–water partition coefficient (Wildman–Crippen LogP) is 2.58. The first kappa shape index (κ1) is 11.4. The van der Waals surface area contributed by atoms with E-state index in [0.29, 0.717) is 5.56 Å². The van der Waals surface area contributed by atoms with Gasteiger partial charge in [-0.1, -0.05) is 12.1 Å². The van der Waals surface area contributed by atoms with Crippen molar-refractivity contribution in [3.63, 3.8) is 0 Å². The number of benzene rings is 1. The molecule has 0 spiro atoms. The average molecular weight is 230 g/mol. The van der Waals surface area contributed by atoms with Crippen LogP contribution in [0.2, 0.25) is 0 Å². The van der Waals surface area contributed by atoms with E-state index >= 15 is 0 Å². The second kappa shape index (κ2) is 4.41. The highest BCUT2D eigenvalue weighted by Crippen LogP contribution is 2.23. The minimum Gasteiger partial charge on any atom is -0.478 e. The van der Waals surface area contributed by atoms with Crippen LogP contribution in [-0.4, -0.2) is 20.9 Å². The van der Waals surface area contributed by atoms with E-state index in [4.69, 9.17) is 5.11 Å². The first-order valence-corrected chi connectivity index (χ1v) is 5.49. The molecule has 4 nitrogen and oxygen atoms in total. The highest BCUT2D eigenvalue weighted by Gasteiger charge is 2.09. The van der Waals surface area contributed by atoms with Gasteiger partial charge in [-0.2, -0.15) is 5.10 Å². The number of carboxylic acid groups (broad SMARTS) is 1. The monoisotopic (exact) mass is 230 g/mol. The molecule has 0 saturated carbocycles. The summed E-state index contributed by atoms with van der Waals surface area (Å²) in [5.74, 6) is -0.910. The molecule has 1 heterocycles. The van der Waals surface area contributed by atoms with Crippen LogP contribution in [0.1, 0.15) is 23.0 Å². The van der Waals surface area contributed by atoms with Gasteiger partial charge in [-0.05, 0) is 31.5 Å². The summed E-state index contributed by atoms with van der Waals surface area (Å²) in [4.78, 5) is 10.9. The number of hydrogen-bond acceptors (Lipinski definition) is 2. The first-order valence-electron chi connectivity index (χ1n) is 5.49. The second-order valence-corrected chi connectivity index (χ2v) is 3.87. The van der Waals surface area contributed by atoms with Crippen LogP contribution < -0.4 is 0 Å². The van der Waals surface area contributed by atoms with Crippen LogP contribution in [-0.2, 0) is 6.54 Å². The number of carboxylic acids is 1. The molecule has 4 heteroatoms. The largest absolute Gasteiger partial charge is 0.478 e. The molecule has 0 amide bonds. The lowest BCUT2D eigenvalue weighted by molar-refractivity contribution is 0.0697. The molecule has 17 heavy (non-hydrogen) atoms. The van der Waals surface area contributed by atoms with Crippen LogP contribution >= 0.6 is 0 Å². The summed E-state index contributed by atoms with van der Waals surface area (Å²) in [6.07, 6.45) is 1.94. The van der Waals surface area contributed by atoms with Gasteiger partial charge < -0.3 is 5.11 Å². The van der Waals surface area contributed by atoms with Crippen LogP contribution in [0.25, 0.3) is 11.1 Å². The van der Waals surface area contributed by atoms with Gasteiger partial charge in [0.2, 0.25) is 0 Å². The van der Waals surface area contributed by atoms with Crippen molar-refractivity contribution < 1.29 is 9.90 Å². The van der Waals surface area contributed by atoms with Crippen molar-refractivity contribution in [1.29, 1.82) is 0 Å². The summed E-state index contributed by atoms with van der Waals surface area (Å²) in [5.41, 5.74) is 3.08. The zero-order chi connectivity index (χ0) is 12.4. The van der Waals surface area contributed by atoms with Crippen LogP contribution in [0.3, 0.4) is 0 Å². The van der Waals surface area contributed by atoms with Gasteiger partial charge in [0.05, 0.1) is 11.3 Å². The molecule has 0 aliphatic rings. The molecule has 0 fully saturated rings. The third kappa shape index (κ3) is 2.20. The molecule has 88 valence electrons. The lowest BCUT2D eigenvalue weighted by Crippen LogP contribution is -1.95. The van der Waals surface area contributed by atoms with Gasteiger partial charge in [0.1, 0.15) is 0 Å². The van der Waals surface area contributed by atoms with Crippen LogP contribution in [0, 0.1) is 6.92 Å². The molecule has 0 unspecified atom stereocenters. The van der Waals surface area contributed by atoms with E-state index in [1.165, 1.54) is 0 Å². The van der Waals surface area contributed by atoms with Crippen LogP contribution in [0.4, 0.5) is 0 Å². The van der Waals surface area contributed by atoms with E-state index in [9.17, 15) is 4.79 Å². The average Bonchev–Trinajstić information content (AvgIpc) is 2.71. The lowest BCUT2D eigenvalue weighted by Gasteiger charge is -2.00. The third-order valence-electron chi connectivity index (χ3n) is 2.69. The van der Waals surface area contributed by atoms with E-state index < -0.39 is 5.97 Å². The van der Waals surface area contributed by atoms with Gasteiger partial charge in [0, 0.05) is 18.3 Å². The Balaban J connectivity index is 2.48. The van der Waals surface area contributed by atoms with E-state index in [0.717, 1.165) is 23.4 Å². The highest BCUT2D eigenvalue weighted by atomic mass is 16.4. The highest BCUT2D eigenvalue weighted by molar-refractivity contribution is 5.89.